The topological polar surface area (TPSA) is 78.7 Å². The zero-order valence-electron chi connectivity index (χ0n) is 17.7. The van der Waals surface area contributed by atoms with Gasteiger partial charge >= 0.3 is 12.1 Å². The van der Waals surface area contributed by atoms with E-state index in [0.717, 1.165) is 38.3 Å². The van der Waals surface area contributed by atoms with E-state index in [4.69, 9.17) is 9.90 Å². The highest BCUT2D eigenvalue weighted by molar-refractivity contribution is 6.08. The molecule has 1 saturated carbocycles. The monoisotopic (exact) mass is 450 g/mol. The van der Waals surface area contributed by atoms with Crippen LogP contribution in [0.4, 0.5) is 18.9 Å². The second-order valence-corrected chi connectivity index (χ2v) is 8.74. The van der Waals surface area contributed by atoms with Crippen LogP contribution in [-0.4, -0.2) is 57.5 Å². The molecule has 5 rings (SSSR count). The van der Waals surface area contributed by atoms with E-state index in [1.165, 1.54) is 24.0 Å². The Morgan fingerprint density at radius 2 is 1.97 bits per heavy atom. The van der Waals surface area contributed by atoms with E-state index < -0.39 is 12.1 Å². The zero-order chi connectivity index (χ0) is 23.1. The van der Waals surface area contributed by atoms with Gasteiger partial charge in [-0.25, -0.2) is 4.79 Å². The summed E-state index contributed by atoms with van der Waals surface area (Å²) in [5.41, 5.74) is 3.28. The molecular weight excluding hydrogens is 425 g/mol. The minimum atomic E-state index is -5.08. The van der Waals surface area contributed by atoms with Gasteiger partial charge in [0.2, 0.25) is 5.91 Å². The molecule has 32 heavy (non-hydrogen) atoms. The lowest BCUT2D eigenvalue weighted by Crippen LogP contribution is -2.43. The number of nitrogens with zero attached hydrogens (tertiary/aromatic N) is 4. The summed E-state index contributed by atoms with van der Waals surface area (Å²) in [6, 6.07) is 8.45. The second kappa shape index (κ2) is 8.23. The van der Waals surface area contributed by atoms with Crippen molar-refractivity contribution in [2.75, 3.05) is 24.5 Å². The van der Waals surface area contributed by atoms with Gasteiger partial charge in [0.15, 0.2) is 0 Å². The molecular formula is C22H25F3N4O3. The molecule has 2 aromatic rings. The molecule has 1 saturated heterocycles. The Hall–Kier alpha value is -2.88. The molecule has 1 aromatic carbocycles. The van der Waals surface area contributed by atoms with Crippen molar-refractivity contribution in [1.82, 2.24) is 14.7 Å². The number of aromatic nitrogens is 2. The summed E-state index contributed by atoms with van der Waals surface area (Å²) in [6.07, 6.45) is 2.37. The predicted octanol–water partition coefficient (Wildman–Crippen LogP) is 2.95. The van der Waals surface area contributed by atoms with E-state index >= 15 is 0 Å². The van der Waals surface area contributed by atoms with Crippen LogP contribution in [0.5, 0.6) is 0 Å². The van der Waals surface area contributed by atoms with Crippen molar-refractivity contribution in [2.24, 2.45) is 13.0 Å². The molecule has 1 amide bonds. The SMILES string of the molecule is Cn1cc(CN2CCC3(C2)C(=O)N(CC2CC2)c2ccccc23)cn1.O=C(O)C(F)(F)F. The van der Waals surface area contributed by atoms with Crippen LogP contribution in [0.3, 0.4) is 0 Å². The summed E-state index contributed by atoms with van der Waals surface area (Å²) in [5, 5.41) is 11.4. The normalized spacial score (nSPS) is 22.8. The number of rotatable bonds is 4. The molecule has 2 aliphatic heterocycles. The van der Waals surface area contributed by atoms with Crippen molar-refractivity contribution in [3.63, 3.8) is 0 Å². The summed E-state index contributed by atoms with van der Waals surface area (Å²) in [6.45, 7) is 3.55. The molecule has 7 nitrogen and oxygen atoms in total. The predicted molar refractivity (Wildman–Crippen MR) is 110 cm³/mol. The number of halogens is 3. The number of benzene rings is 1. The van der Waals surface area contributed by atoms with E-state index in [0.29, 0.717) is 11.8 Å². The standard InChI is InChI=1S/C20H24N4O.C2HF3O2/c1-22-11-16(10-21-22)12-23-9-8-20(14-23)17-4-2-3-5-18(17)24(19(20)25)13-15-6-7-15;3-2(4,5)1(6)7/h2-5,10-11,15H,6-9,12-14H2,1H3;(H,6,7). The number of carboxylic acid groups (broad SMARTS) is 1. The van der Waals surface area contributed by atoms with Gasteiger partial charge < -0.3 is 10.0 Å². The molecule has 1 spiro atoms. The Kier molecular flexibility index (Phi) is 5.74. The van der Waals surface area contributed by atoms with Crippen LogP contribution in [0, 0.1) is 5.92 Å². The fourth-order valence-electron chi connectivity index (χ4n) is 4.57. The van der Waals surface area contributed by atoms with Crippen LogP contribution in [0.25, 0.3) is 0 Å². The van der Waals surface area contributed by atoms with E-state index in [9.17, 15) is 18.0 Å². The first-order chi connectivity index (χ1) is 15.1. The number of carbonyl (C=O) groups excluding carboxylic acids is 1. The highest BCUT2D eigenvalue weighted by atomic mass is 19.4. The molecule has 3 aliphatic rings. The molecule has 1 atom stereocenters. The molecule has 0 bridgehead atoms. The quantitative estimate of drug-likeness (QED) is 0.775. The number of carboxylic acids is 1. The second-order valence-electron chi connectivity index (χ2n) is 8.74. The fraction of sp³-hybridized carbons (Fsp3) is 0.500. The van der Waals surface area contributed by atoms with Crippen molar-refractivity contribution in [3.05, 3.63) is 47.8 Å². The maximum absolute atomic E-state index is 13.4. The lowest BCUT2D eigenvalue weighted by atomic mass is 9.81. The lowest BCUT2D eigenvalue weighted by Gasteiger charge is -2.24. The smallest absolute Gasteiger partial charge is 0.475 e. The number of carbonyl (C=O) groups is 2. The van der Waals surface area contributed by atoms with Crippen molar-refractivity contribution in [3.8, 4) is 0 Å². The Balaban J connectivity index is 0.000000307. The summed E-state index contributed by atoms with van der Waals surface area (Å²) in [5.74, 6) is -1.72. The molecule has 1 aliphatic carbocycles. The average molecular weight is 450 g/mol. The summed E-state index contributed by atoms with van der Waals surface area (Å²) in [4.78, 5) is 26.8. The third-order valence-electron chi connectivity index (χ3n) is 6.26. The number of likely N-dealkylation sites (tertiary alicyclic amines) is 1. The maximum Gasteiger partial charge on any atom is 0.490 e. The minimum Gasteiger partial charge on any atom is -0.475 e. The number of hydrogen-bond acceptors (Lipinski definition) is 4. The van der Waals surface area contributed by atoms with Gasteiger partial charge in [-0.3, -0.25) is 14.4 Å². The van der Waals surface area contributed by atoms with Crippen molar-refractivity contribution >= 4 is 17.6 Å². The third kappa shape index (κ3) is 4.36. The molecule has 172 valence electrons. The first kappa shape index (κ1) is 22.3. The zero-order valence-corrected chi connectivity index (χ0v) is 17.7. The van der Waals surface area contributed by atoms with Crippen LogP contribution in [0.2, 0.25) is 0 Å². The van der Waals surface area contributed by atoms with Crippen LogP contribution >= 0.6 is 0 Å². The molecule has 0 radical (unpaired) electrons. The Morgan fingerprint density at radius 3 is 2.56 bits per heavy atom. The van der Waals surface area contributed by atoms with Crippen LogP contribution < -0.4 is 4.90 Å². The molecule has 1 aromatic heterocycles. The van der Waals surface area contributed by atoms with E-state index in [1.807, 2.05) is 17.9 Å². The van der Waals surface area contributed by atoms with Gasteiger partial charge in [0.25, 0.3) is 0 Å². The molecule has 1 N–H and O–H groups in total. The van der Waals surface area contributed by atoms with Gasteiger partial charge in [-0.15, -0.1) is 0 Å². The highest BCUT2D eigenvalue weighted by Gasteiger charge is 2.54. The van der Waals surface area contributed by atoms with Crippen molar-refractivity contribution < 1.29 is 27.9 Å². The Labute approximate surface area is 183 Å². The number of para-hydroxylation sites is 1. The van der Waals surface area contributed by atoms with Gasteiger partial charge in [-0.05, 0) is 43.4 Å². The molecule has 10 heteroatoms. The fourth-order valence-corrected chi connectivity index (χ4v) is 4.57. The van der Waals surface area contributed by atoms with E-state index in [1.54, 1.807) is 0 Å². The van der Waals surface area contributed by atoms with Gasteiger partial charge in [-0.2, -0.15) is 18.3 Å². The number of alkyl halides is 3. The molecule has 2 fully saturated rings. The number of aryl methyl sites for hydroxylation is 1. The highest BCUT2D eigenvalue weighted by Crippen LogP contribution is 2.48. The van der Waals surface area contributed by atoms with Crippen LogP contribution in [0.1, 0.15) is 30.4 Å². The van der Waals surface area contributed by atoms with Crippen molar-refractivity contribution in [2.45, 2.75) is 37.4 Å². The summed E-state index contributed by atoms with van der Waals surface area (Å²) >= 11 is 0. The first-order valence-electron chi connectivity index (χ1n) is 10.5. The number of amides is 1. The number of fused-ring (bicyclic) bond motifs is 2. The maximum atomic E-state index is 13.4. The number of aliphatic carboxylic acids is 1. The van der Waals surface area contributed by atoms with Gasteiger partial charge in [-0.1, -0.05) is 18.2 Å². The average Bonchev–Trinajstić information content (AvgIpc) is 3.24. The van der Waals surface area contributed by atoms with Gasteiger partial charge in [0.1, 0.15) is 0 Å². The third-order valence-corrected chi connectivity index (χ3v) is 6.26. The molecule has 1 unspecified atom stereocenters. The van der Waals surface area contributed by atoms with Crippen LogP contribution in [0.15, 0.2) is 36.7 Å². The summed E-state index contributed by atoms with van der Waals surface area (Å²) in [7, 11) is 1.95. The van der Waals surface area contributed by atoms with Gasteiger partial charge in [0, 0.05) is 44.1 Å². The summed E-state index contributed by atoms with van der Waals surface area (Å²) < 4.78 is 33.6. The van der Waals surface area contributed by atoms with E-state index in [2.05, 4.69) is 45.4 Å². The lowest BCUT2D eigenvalue weighted by molar-refractivity contribution is -0.192. The largest absolute Gasteiger partial charge is 0.490 e. The Morgan fingerprint density at radius 1 is 1.28 bits per heavy atom. The number of hydrogen-bond donors (Lipinski definition) is 1. The minimum absolute atomic E-state index is 0.328. The van der Waals surface area contributed by atoms with Gasteiger partial charge in [0.05, 0.1) is 11.6 Å². The first-order valence-corrected chi connectivity index (χ1v) is 10.5. The van der Waals surface area contributed by atoms with Crippen molar-refractivity contribution in [1.29, 1.82) is 0 Å². The van der Waals surface area contributed by atoms with Crippen LogP contribution in [-0.2, 0) is 28.6 Å². The van der Waals surface area contributed by atoms with E-state index in [-0.39, 0.29) is 5.41 Å². The number of anilines is 1. The molecule has 3 heterocycles. The Bertz CT molecular complexity index is 1020.